The van der Waals surface area contributed by atoms with Gasteiger partial charge in [-0.2, -0.15) is 0 Å². The van der Waals surface area contributed by atoms with Crippen LogP contribution in [-0.4, -0.2) is 49.1 Å². The second-order valence-electron chi connectivity index (χ2n) is 10.7. The van der Waals surface area contributed by atoms with E-state index in [4.69, 9.17) is 16.3 Å². The Morgan fingerprint density at radius 1 is 1.05 bits per heavy atom. The third-order valence-corrected chi connectivity index (χ3v) is 7.67. The van der Waals surface area contributed by atoms with E-state index in [1.54, 1.807) is 6.07 Å². The van der Waals surface area contributed by atoms with Gasteiger partial charge in [0.05, 0.1) is 0 Å². The van der Waals surface area contributed by atoms with Gasteiger partial charge >= 0.3 is 245 Å². The van der Waals surface area contributed by atoms with Gasteiger partial charge < -0.3 is 0 Å². The Hall–Kier alpha value is -3.41. The molecule has 1 aromatic heterocycles. The molecule has 2 aliphatic carbocycles. The van der Waals surface area contributed by atoms with Crippen molar-refractivity contribution in [1.82, 2.24) is 10.3 Å². The Morgan fingerprint density at radius 2 is 1.83 bits per heavy atom. The average Bonchev–Trinajstić information content (AvgIpc) is 3.77. The van der Waals surface area contributed by atoms with Crippen molar-refractivity contribution in [3.8, 4) is 11.5 Å². The number of rotatable bonds is 9. The molecule has 2 N–H and O–H groups in total. The molecule has 2 saturated carbocycles. The fourth-order valence-corrected chi connectivity index (χ4v) is 5.11. The molecule has 2 fully saturated rings. The Labute approximate surface area is 245 Å². The van der Waals surface area contributed by atoms with E-state index in [2.05, 4.69) is 27.8 Å². The van der Waals surface area contributed by atoms with E-state index < -0.39 is 30.4 Å². The quantitative estimate of drug-likeness (QED) is 0.165. The minimum absolute atomic E-state index is 0.0710. The van der Waals surface area contributed by atoms with Gasteiger partial charge in [-0.3, -0.25) is 0 Å². The van der Waals surface area contributed by atoms with E-state index >= 15 is 0 Å². The number of halogens is 6. The van der Waals surface area contributed by atoms with Crippen LogP contribution in [0.3, 0.4) is 0 Å². The zero-order valence-electron chi connectivity index (χ0n) is 22.4. The first-order valence-electron chi connectivity index (χ1n) is 13.6. The maximum atomic E-state index is 13.6. The van der Waals surface area contributed by atoms with Crippen LogP contribution in [0.25, 0.3) is 10.9 Å². The van der Waals surface area contributed by atoms with Gasteiger partial charge in [0.2, 0.25) is 0 Å². The first-order valence-corrected chi connectivity index (χ1v) is 14.0. The molecular formula is C29H28BClF5N3O3. The van der Waals surface area contributed by atoms with Crippen molar-refractivity contribution >= 4 is 47.0 Å². The molecule has 0 bridgehead atoms. The van der Waals surface area contributed by atoms with Crippen LogP contribution >= 0.6 is 11.6 Å². The number of ether oxygens (including phenoxy) is 2. The molecule has 1 heterocycles. The van der Waals surface area contributed by atoms with Gasteiger partial charge in [0.1, 0.15) is 0 Å². The van der Waals surface area contributed by atoms with Crippen LogP contribution in [0, 0.1) is 5.92 Å². The van der Waals surface area contributed by atoms with Crippen molar-refractivity contribution in [2.24, 2.45) is 5.92 Å². The van der Waals surface area contributed by atoms with Crippen molar-refractivity contribution in [1.29, 1.82) is 0 Å². The van der Waals surface area contributed by atoms with Gasteiger partial charge in [0.15, 0.2) is 0 Å². The number of alkyl halides is 5. The summed E-state index contributed by atoms with van der Waals surface area (Å²) in [7, 11) is 4.13. The molecule has 13 heteroatoms. The van der Waals surface area contributed by atoms with Crippen molar-refractivity contribution in [2.45, 2.75) is 63.4 Å². The Kier molecular flexibility index (Phi) is 8.91. The third kappa shape index (κ3) is 7.51. The molecule has 5 rings (SSSR count). The summed E-state index contributed by atoms with van der Waals surface area (Å²) in [5.41, 5.74) is 0.430. The molecule has 2 atom stereocenters. The Balaban J connectivity index is 1.28. The van der Waals surface area contributed by atoms with E-state index in [9.17, 15) is 26.7 Å². The summed E-state index contributed by atoms with van der Waals surface area (Å²) in [4.78, 5) is 16.9. The number of nitrogens with zero attached hydrogens (tertiary/aromatic N) is 1. The zero-order chi connectivity index (χ0) is 30.0. The normalized spacial score (nSPS) is 19.4. The van der Waals surface area contributed by atoms with Crippen molar-refractivity contribution in [2.75, 3.05) is 11.9 Å². The van der Waals surface area contributed by atoms with Gasteiger partial charge in [0.25, 0.3) is 0 Å². The third-order valence-electron chi connectivity index (χ3n) is 7.43. The molecule has 0 saturated heterocycles. The van der Waals surface area contributed by atoms with Crippen molar-refractivity contribution in [3.63, 3.8) is 0 Å². The van der Waals surface area contributed by atoms with E-state index in [1.807, 2.05) is 0 Å². The van der Waals surface area contributed by atoms with E-state index in [0.29, 0.717) is 48.6 Å². The predicted molar refractivity (Wildman–Crippen MR) is 152 cm³/mol. The molecule has 2 aliphatic rings. The molecule has 6 nitrogen and oxygen atoms in total. The summed E-state index contributed by atoms with van der Waals surface area (Å²) in [6, 6.07) is 8.96. The number of carbonyl (C=O) groups is 1. The molecule has 222 valence electrons. The van der Waals surface area contributed by atoms with Gasteiger partial charge in [-0.1, -0.05) is 0 Å². The minimum atomic E-state index is -4.62. The summed E-state index contributed by atoms with van der Waals surface area (Å²) in [5, 5.41) is 7.04. The molecule has 2 aromatic carbocycles. The molecule has 42 heavy (non-hydrogen) atoms. The predicted octanol–water partition coefficient (Wildman–Crippen LogP) is 6.52. The zero-order valence-corrected chi connectivity index (χ0v) is 23.2. The maximum absolute atomic E-state index is 13.6. The van der Waals surface area contributed by atoms with Crippen LogP contribution in [0.2, 0.25) is 5.02 Å². The number of benzene rings is 2. The number of anilines is 1. The molecule has 1 amide bonds. The second-order valence-corrected chi connectivity index (χ2v) is 11.1. The van der Waals surface area contributed by atoms with E-state index in [1.165, 1.54) is 30.3 Å². The van der Waals surface area contributed by atoms with Gasteiger partial charge in [-0.25, -0.2) is 0 Å². The van der Waals surface area contributed by atoms with E-state index in [0.717, 1.165) is 24.4 Å². The van der Waals surface area contributed by atoms with Crippen molar-refractivity contribution in [3.05, 3.63) is 58.7 Å². The molecular weight excluding hydrogens is 580 g/mol. The van der Waals surface area contributed by atoms with Gasteiger partial charge in [0, 0.05) is 0 Å². The Bertz CT molecular complexity index is 1480. The number of amides is 1. The van der Waals surface area contributed by atoms with Crippen molar-refractivity contribution < 1.29 is 36.2 Å². The average molecular weight is 608 g/mol. The monoisotopic (exact) mass is 607 g/mol. The van der Waals surface area contributed by atoms with Crippen LogP contribution in [0.4, 0.5) is 27.6 Å². The topological polar surface area (TPSA) is 72.5 Å². The first kappa shape index (κ1) is 30.1. The number of aromatic nitrogens is 1. The second kappa shape index (κ2) is 12.4. The van der Waals surface area contributed by atoms with Gasteiger partial charge in [-0.05, 0) is 0 Å². The molecule has 0 aliphatic heterocycles. The fraction of sp³-hybridized carbons (Fsp3) is 0.414. The number of fused-ring (bicyclic) bond motifs is 1. The van der Waals surface area contributed by atoms with Crippen LogP contribution in [-0.2, 0) is 6.18 Å². The number of pyridine rings is 1. The Morgan fingerprint density at radius 3 is 2.55 bits per heavy atom. The molecule has 3 aromatic rings. The number of hydrogen-bond donors (Lipinski definition) is 2. The summed E-state index contributed by atoms with van der Waals surface area (Å²) in [5.74, 6) is -0.146. The van der Waals surface area contributed by atoms with E-state index in [-0.39, 0.29) is 34.3 Å². The molecule has 0 radical (unpaired) electrons. The fourth-order valence-electron chi connectivity index (χ4n) is 4.94. The summed E-state index contributed by atoms with van der Waals surface area (Å²) in [6.45, 7) is -2.69. The van der Waals surface area contributed by atoms with Crippen LogP contribution in [0.5, 0.6) is 11.5 Å². The standard InChI is InChI=1S/C29H28BClF5N3O3/c30-20-7-5-18(37-23-13-26(29(34,35)36)38-21-8-4-17(31)12-19(21)23)6-9-22(20)39-27(40)16-3-10-24(42-28(32)33)25(11-16)41-14-15-1-2-15/h3-4,8,10-13,15,18,22,28,30H,1-2,5-7,9,14H2,(H,37,38)(H,39,40)/t18-,22-/m0/s1. The van der Waals surface area contributed by atoms with Crippen LogP contribution in [0.1, 0.15) is 54.6 Å². The number of nitrogens with one attached hydrogen (secondary N) is 2. The molecule has 0 spiro atoms. The van der Waals surface area contributed by atoms with Gasteiger partial charge in [-0.15, -0.1) is 0 Å². The first-order chi connectivity index (χ1) is 20.0. The number of carbonyl (C=O) groups excluding carboxylic acids is 1. The summed E-state index contributed by atoms with van der Waals surface area (Å²) < 4.78 is 76.6. The van der Waals surface area contributed by atoms with Crippen LogP contribution < -0.4 is 20.1 Å². The summed E-state index contributed by atoms with van der Waals surface area (Å²) >= 11 is 6.12. The van der Waals surface area contributed by atoms with Crippen LogP contribution in [0.15, 0.2) is 42.5 Å². The molecule has 0 unspecified atom stereocenters. The SMILES string of the molecule is B=C1CC[C@H](Nc2cc(C(F)(F)F)nc3ccc(Cl)cc23)CC[C@@H]1NC(=O)c1ccc(OC(F)F)c(OCC2CC2)c1. The summed E-state index contributed by atoms with van der Waals surface area (Å²) in [6.07, 6.45) is -0.503. The number of hydrogen-bond acceptors (Lipinski definition) is 5.